The van der Waals surface area contributed by atoms with Crippen molar-refractivity contribution in [1.82, 2.24) is 4.57 Å². The van der Waals surface area contributed by atoms with E-state index in [9.17, 15) is 0 Å². The van der Waals surface area contributed by atoms with Gasteiger partial charge in [-0.3, -0.25) is 0 Å². The quantitative estimate of drug-likeness (QED) is 0.175. The summed E-state index contributed by atoms with van der Waals surface area (Å²) >= 11 is 0. The van der Waals surface area contributed by atoms with Crippen LogP contribution >= 0.6 is 0 Å². The molecule has 0 atom stereocenters. The predicted octanol–water partition coefficient (Wildman–Crippen LogP) is 14.5. The Balaban J connectivity index is 1.02. The molecular formula is C55H36N2O. The van der Waals surface area contributed by atoms with Crippen LogP contribution in [0.4, 0.5) is 17.1 Å². The molecule has 12 rings (SSSR count). The zero-order valence-corrected chi connectivity index (χ0v) is 31.6. The zero-order chi connectivity index (χ0) is 38.2. The largest absolute Gasteiger partial charge is 0.456 e. The zero-order valence-electron chi connectivity index (χ0n) is 31.6. The van der Waals surface area contributed by atoms with E-state index in [0.717, 1.165) is 39.0 Å². The van der Waals surface area contributed by atoms with E-state index in [4.69, 9.17) is 4.42 Å². The highest BCUT2D eigenvalue weighted by molar-refractivity contribution is 6.10. The summed E-state index contributed by atoms with van der Waals surface area (Å²) in [5, 5.41) is 4.75. The first-order valence-electron chi connectivity index (χ1n) is 19.9. The molecule has 3 heteroatoms. The van der Waals surface area contributed by atoms with Gasteiger partial charge in [-0.15, -0.1) is 0 Å². The van der Waals surface area contributed by atoms with Gasteiger partial charge in [0.2, 0.25) is 0 Å². The van der Waals surface area contributed by atoms with Crippen LogP contribution in [-0.4, -0.2) is 4.57 Å². The summed E-state index contributed by atoms with van der Waals surface area (Å²) in [5.41, 5.74) is 15.5. The summed E-state index contributed by atoms with van der Waals surface area (Å²) < 4.78 is 8.71. The average molecular weight is 741 g/mol. The normalized spacial score (nSPS) is 13.3. The number of anilines is 3. The van der Waals surface area contributed by atoms with Crippen molar-refractivity contribution in [1.29, 1.82) is 0 Å². The molecule has 0 radical (unpaired) electrons. The fourth-order valence-corrected chi connectivity index (χ4v) is 9.77. The molecule has 0 spiro atoms. The topological polar surface area (TPSA) is 21.3 Å². The maximum atomic E-state index is 6.34. The molecule has 0 unspecified atom stereocenters. The highest BCUT2D eigenvalue weighted by atomic mass is 16.3. The molecule has 2 aromatic heterocycles. The lowest BCUT2D eigenvalue weighted by atomic mass is 9.62. The van der Waals surface area contributed by atoms with Crippen molar-refractivity contribution in [3.8, 4) is 16.8 Å². The molecule has 272 valence electrons. The molecule has 3 heterocycles. The van der Waals surface area contributed by atoms with Gasteiger partial charge in [-0.05, 0) is 106 Å². The lowest BCUT2D eigenvalue weighted by molar-refractivity contribution is 0.667. The minimum atomic E-state index is -0.591. The van der Waals surface area contributed by atoms with Gasteiger partial charge in [-0.2, -0.15) is 0 Å². The smallest absolute Gasteiger partial charge is 0.135 e. The maximum Gasteiger partial charge on any atom is 0.135 e. The van der Waals surface area contributed by atoms with E-state index >= 15 is 0 Å². The van der Waals surface area contributed by atoms with E-state index in [-0.39, 0.29) is 0 Å². The second-order valence-corrected chi connectivity index (χ2v) is 15.3. The molecule has 0 amide bonds. The molecule has 0 saturated carbocycles. The van der Waals surface area contributed by atoms with Crippen molar-refractivity contribution in [3.63, 3.8) is 0 Å². The monoisotopic (exact) mass is 740 g/mol. The van der Waals surface area contributed by atoms with Gasteiger partial charge in [0, 0.05) is 32.9 Å². The van der Waals surface area contributed by atoms with Crippen LogP contribution < -0.4 is 4.90 Å². The van der Waals surface area contributed by atoms with E-state index in [1.165, 1.54) is 60.9 Å². The van der Waals surface area contributed by atoms with Crippen molar-refractivity contribution >= 4 is 60.8 Å². The van der Waals surface area contributed by atoms with Gasteiger partial charge >= 0.3 is 0 Å². The van der Waals surface area contributed by atoms with Crippen LogP contribution in [0.3, 0.4) is 0 Å². The molecule has 0 aliphatic carbocycles. The number of benzene rings is 9. The van der Waals surface area contributed by atoms with E-state index in [1.54, 1.807) is 0 Å². The van der Waals surface area contributed by atoms with Crippen LogP contribution in [0.2, 0.25) is 0 Å². The number of para-hydroxylation sites is 5. The van der Waals surface area contributed by atoms with E-state index in [2.05, 4.69) is 222 Å². The van der Waals surface area contributed by atoms with Crippen LogP contribution in [0, 0.1) is 0 Å². The molecule has 0 saturated heterocycles. The SMILES string of the molecule is c1ccc(-n2c3ccccc3c3cc(-c4ccc(N5c6ccccc6C(c6ccccc6)(c6ccc7oc8ccccc8c7c6)c6ccccc65)cc4)ccc32)cc1. The highest BCUT2D eigenvalue weighted by Crippen LogP contribution is 2.58. The predicted molar refractivity (Wildman–Crippen MR) is 240 cm³/mol. The molecule has 3 nitrogen and oxygen atoms in total. The molecule has 58 heavy (non-hydrogen) atoms. The second kappa shape index (κ2) is 12.7. The molecule has 0 bridgehead atoms. The number of aromatic nitrogens is 1. The summed E-state index contributed by atoms with van der Waals surface area (Å²) in [7, 11) is 0. The van der Waals surface area contributed by atoms with Crippen LogP contribution in [0.25, 0.3) is 60.6 Å². The average Bonchev–Trinajstić information content (AvgIpc) is 3.84. The van der Waals surface area contributed by atoms with Crippen molar-refractivity contribution in [2.75, 3.05) is 4.90 Å². The standard InChI is InChI=1S/C55H36N2O/c1-3-15-39(16-4-1)55(40-30-34-54-46(36-40)44-20-8-14-26-53(44)58-54)47-21-9-12-24-51(47)57(52-25-13-10-22-48(52)55)42-31-27-37(28-32-42)38-29-33-50-45(35-38)43-19-7-11-23-49(43)56(50)41-17-5-2-6-18-41/h1-36H. The Kier molecular flexibility index (Phi) is 7.14. The van der Waals surface area contributed by atoms with Crippen molar-refractivity contribution in [3.05, 3.63) is 241 Å². The third-order valence-electron chi connectivity index (χ3n) is 12.3. The van der Waals surface area contributed by atoms with Crippen LogP contribution in [0.1, 0.15) is 22.3 Å². The highest BCUT2D eigenvalue weighted by Gasteiger charge is 2.46. The summed E-state index contributed by atoms with van der Waals surface area (Å²) in [6.45, 7) is 0. The van der Waals surface area contributed by atoms with Crippen molar-refractivity contribution in [2.24, 2.45) is 0 Å². The minimum Gasteiger partial charge on any atom is -0.456 e. The Hall–Kier alpha value is -7.62. The number of hydrogen-bond donors (Lipinski definition) is 0. The molecule has 1 aliphatic rings. The van der Waals surface area contributed by atoms with Gasteiger partial charge in [-0.25, -0.2) is 0 Å². The van der Waals surface area contributed by atoms with Gasteiger partial charge in [0.15, 0.2) is 0 Å². The maximum absolute atomic E-state index is 6.34. The number of nitrogens with zero attached hydrogens (tertiary/aromatic N) is 2. The van der Waals surface area contributed by atoms with Crippen LogP contribution in [0.15, 0.2) is 223 Å². The third kappa shape index (κ3) is 4.68. The number of furan rings is 1. The molecule has 0 N–H and O–H groups in total. The first kappa shape index (κ1) is 32.6. The van der Waals surface area contributed by atoms with E-state index in [1.807, 2.05) is 6.07 Å². The summed E-state index contributed by atoms with van der Waals surface area (Å²) in [6.07, 6.45) is 0. The van der Waals surface area contributed by atoms with E-state index in [0.29, 0.717) is 0 Å². The van der Waals surface area contributed by atoms with Gasteiger partial charge < -0.3 is 13.9 Å². The first-order chi connectivity index (χ1) is 28.8. The number of hydrogen-bond acceptors (Lipinski definition) is 2. The van der Waals surface area contributed by atoms with Crippen LogP contribution in [-0.2, 0) is 5.41 Å². The Morgan fingerprint density at radius 2 is 0.931 bits per heavy atom. The lowest BCUT2D eigenvalue weighted by Gasteiger charge is -2.46. The summed E-state index contributed by atoms with van der Waals surface area (Å²) in [5.74, 6) is 0. The number of fused-ring (bicyclic) bond motifs is 8. The molecular weight excluding hydrogens is 705 g/mol. The van der Waals surface area contributed by atoms with E-state index < -0.39 is 5.41 Å². The fraction of sp³-hybridized carbons (Fsp3) is 0.0182. The molecule has 1 aliphatic heterocycles. The first-order valence-corrected chi connectivity index (χ1v) is 19.9. The van der Waals surface area contributed by atoms with Crippen molar-refractivity contribution in [2.45, 2.75) is 5.41 Å². The Morgan fingerprint density at radius 3 is 1.69 bits per heavy atom. The summed E-state index contributed by atoms with van der Waals surface area (Å²) in [4.78, 5) is 2.44. The fourth-order valence-electron chi connectivity index (χ4n) is 9.77. The minimum absolute atomic E-state index is 0.591. The van der Waals surface area contributed by atoms with Crippen molar-refractivity contribution < 1.29 is 4.42 Å². The van der Waals surface area contributed by atoms with Gasteiger partial charge in [0.25, 0.3) is 0 Å². The Bertz CT molecular complexity index is 3290. The molecule has 0 fully saturated rings. The lowest BCUT2D eigenvalue weighted by Crippen LogP contribution is -2.37. The second-order valence-electron chi connectivity index (χ2n) is 15.3. The molecule has 9 aromatic carbocycles. The van der Waals surface area contributed by atoms with Gasteiger partial charge in [0.05, 0.1) is 27.8 Å². The Morgan fingerprint density at radius 1 is 0.345 bits per heavy atom. The van der Waals surface area contributed by atoms with Gasteiger partial charge in [0.1, 0.15) is 11.2 Å². The van der Waals surface area contributed by atoms with Crippen LogP contribution in [0.5, 0.6) is 0 Å². The van der Waals surface area contributed by atoms with Gasteiger partial charge in [-0.1, -0.05) is 146 Å². The summed E-state index contributed by atoms with van der Waals surface area (Å²) in [6, 6.07) is 79.4. The molecule has 11 aromatic rings. The number of rotatable bonds is 5. The Labute approximate surface area is 336 Å². The third-order valence-corrected chi connectivity index (χ3v) is 12.3.